The highest BCUT2D eigenvalue weighted by atomic mass is 16.5. The van der Waals surface area contributed by atoms with Gasteiger partial charge in [0.05, 0.1) is 13.7 Å². The minimum absolute atomic E-state index is 0.0654. The molecule has 0 fully saturated rings. The molecule has 0 unspecified atom stereocenters. The number of carbonyl (C=O) groups is 2. The van der Waals surface area contributed by atoms with Crippen LogP contribution in [0.15, 0.2) is 48.5 Å². The number of amides is 1. The highest BCUT2D eigenvalue weighted by molar-refractivity contribution is 5.91. The van der Waals surface area contributed by atoms with E-state index in [1.54, 1.807) is 6.07 Å². The monoisotopic (exact) mass is 339 g/mol. The zero-order valence-electron chi connectivity index (χ0n) is 13.6. The summed E-state index contributed by atoms with van der Waals surface area (Å²) in [5, 5.41) is 11.5. The maximum absolute atomic E-state index is 11.6. The van der Waals surface area contributed by atoms with Gasteiger partial charge in [-0.05, 0) is 23.8 Å². The molecule has 0 aliphatic carbocycles. The first-order valence-corrected chi connectivity index (χ1v) is 7.45. The number of carboxylic acids is 1. The average molecular weight is 339 g/mol. The maximum atomic E-state index is 11.6. The normalized spacial score (nSPS) is 9.48. The fraction of sp³-hybridized carbons (Fsp3) is 0.158. The van der Waals surface area contributed by atoms with E-state index in [4.69, 9.17) is 14.6 Å². The Kier molecular flexibility index (Phi) is 6.43. The number of carboxylic acid groups (broad SMARTS) is 1. The van der Waals surface area contributed by atoms with E-state index >= 15 is 0 Å². The lowest BCUT2D eigenvalue weighted by atomic mass is 10.1. The number of hydrogen-bond donors (Lipinski definition) is 2. The molecule has 0 saturated carbocycles. The molecule has 6 heteroatoms. The molecule has 0 aromatic heterocycles. The first-order valence-electron chi connectivity index (χ1n) is 7.45. The highest BCUT2D eigenvalue weighted by Gasteiger charge is 2.10. The molecule has 0 aliphatic rings. The van der Waals surface area contributed by atoms with E-state index in [1.807, 2.05) is 30.3 Å². The molecule has 0 atom stereocenters. The highest BCUT2D eigenvalue weighted by Crippen LogP contribution is 2.19. The molecule has 2 aromatic rings. The van der Waals surface area contributed by atoms with Gasteiger partial charge in [0.2, 0.25) is 0 Å². The summed E-state index contributed by atoms with van der Waals surface area (Å²) in [5.41, 5.74) is 1.55. The van der Waals surface area contributed by atoms with Gasteiger partial charge in [-0.15, -0.1) is 0 Å². The van der Waals surface area contributed by atoms with Crippen molar-refractivity contribution >= 4 is 12.1 Å². The summed E-state index contributed by atoms with van der Waals surface area (Å²) in [5.74, 6) is 4.75. The fourth-order valence-corrected chi connectivity index (χ4v) is 1.98. The number of hydrogen-bond acceptors (Lipinski definition) is 4. The van der Waals surface area contributed by atoms with Crippen LogP contribution in [0.5, 0.6) is 5.75 Å². The van der Waals surface area contributed by atoms with Gasteiger partial charge in [0, 0.05) is 5.56 Å². The quantitative estimate of drug-likeness (QED) is 0.818. The standard InChI is InChI=1S/C19H17NO5/c1-24-17-12-14(9-10-16(17)18(21)22)8-5-11-20-19(23)25-13-15-6-3-2-4-7-15/h2-4,6-7,9-10,12H,11,13H2,1H3,(H,20,23)(H,21,22). The van der Waals surface area contributed by atoms with Gasteiger partial charge < -0.3 is 19.9 Å². The first kappa shape index (κ1) is 17.9. The summed E-state index contributed by atoms with van der Waals surface area (Å²) in [4.78, 5) is 22.6. The van der Waals surface area contributed by atoms with Crippen molar-refractivity contribution in [2.75, 3.05) is 13.7 Å². The van der Waals surface area contributed by atoms with Crippen molar-refractivity contribution in [2.24, 2.45) is 0 Å². The molecule has 2 rings (SSSR count). The second-order valence-corrected chi connectivity index (χ2v) is 4.94. The third-order valence-corrected chi connectivity index (χ3v) is 3.20. The van der Waals surface area contributed by atoms with Crippen molar-refractivity contribution in [3.8, 4) is 17.6 Å². The van der Waals surface area contributed by atoms with Gasteiger partial charge in [-0.2, -0.15) is 0 Å². The van der Waals surface area contributed by atoms with Crippen LogP contribution in [0, 0.1) is 11.8 Å². The van der Waals surface area contributed by atoms with Crippen molar-refractivity contribution in [1.82, 2.24) is 5.32 Å². The van der Waals surface area contributed by atoms with E-state index in [-0.39, 0.29) is 24.5 Å². The molecule has 0 saturated heterocycles. The predicted molar refractivity (Wildman–Crippen MR) is 91.5 cm³/mol. The first-order chi connectivity index (χ1) is 12.1. The van der Waals surface area contributed by atoms with Crippen LogP contribution in [0.3, 0.4) is 0 Å². The molecule has 6 nitrogen and oxygen atoms in total. The minimum Gasteiger partial charge on any atom is -0.496 e. The Bertz CT molecular complexity index is 806. The van der Waals surface area contributed by atoms with Crippen molar-refractivity contribution < 1.29 is 24.2 Å². The number of rotatable bonds is 5. The van der Waals surface area contributed by atoms with E-state index in [2.05, 4.69) is 17.2 Å². The van der Waals surface area contributed by atoms with E-state index < -0.39 is 12.1 Å². The summed E-state index contributed by atoms with van der Waals surface area (Å²) < 4.78 is 10.1. The van der Waals surface area contributed by atoms with Gasteiger partial charge >= 0.3 is 12.1 Å². The average Bonchev–Trinajstić information content (AvgIpc) is 2.64. The number of methoxy groups -OCH3 is 1. The van der Waals surface area contributed by atoms with Gasteiger partial charge in [-0.3, -0.25) is 0 Å². The largest absolute Gasteiger partial charge is 0.496 e. The van der Waals surface area contributed by atoms with E-state index in [9.17, 15) is 9.59 Å². The minimum atomic E-state index is -1.07. The van der Waals surface area contributed by atoms with E-state index in [1.165, 1.54) is 19.2 Å². The number of benzene rings is 2. The molecular formula is C19H17NO5. The van der Waals surface area contributed by atoms with Crippen molar-refractivity contribution in [2.45, 2.75) is 6.61 Å². The Balaban J connectivity index is 1.84. The third kappa shape index (κ3) is 5.59. The molecule has 1 amide bonds. The summed E-state index contributed by atoms with van der Waals surface area (Å²) >= 11 is 0. The lowest BCUT2D eigenvalue weighted by molar-refractivity contribution is 0.0693. The molecule has 25 heavy (non-hydrogen) atoms. The summed E-state index contributed by atoms with van der Waals surface area (Å²) in [7, 11) is 1.39. The topological polar surface area (TPSA) is 84.9 Å². The van der Waals surface area contributed by atoms with Crippen LogP contribution in [-0.2, 0) is 11.3 Å². The Morgan fingerprint density at radius 2 is 1.92 bits per heavy atom. The molecule has 0 aliphatic heterocycles. The molecule has 2 N–H and O–H groups in total. The number of aromatic carboxylic acids is 1. The zero-order valence-corrected chi connectivity index (χ0v) is 13.6. The molecule has 0 spiro atoms. The third-order valence-electron chi connectivity index (χ3n) is 3.20. The van der Waals surface area contributed by atoms with Crippen LogP contribution in [0.1, 0.15) is 21.5 Å². The van der Waals surface area contributed by atoms with Gasteiger partial charge in [0.1, 0.15) is 17.9 Å². The lowest BCUT2D eigenvalue weighted by Gasteiger charge is -2.05. The Morgan fingerprint density at radius 3 is 2.60 bits per heavy atom. The van der Waals surface area contributed by atoms with Crippen molar-refractivity contribution in [1.29, 1.82) is 0 Å². The van der Waals surface area contributed by atoms with Crippen molar-refractivity contribution in [3.63, 3.8) is 0 Å². The molecule has 0 bridgehead atoms. The number of alkyl carbamates (subject to hydrolysis) is 1. The van der Waals surface area contributed by atoms with E-state index in [0.717, 1.165) is 5.56 Å². The molecule has 128 valence electrons. The second kappa shape index (κ2) is 8.99. The number of carbonyl (C=O) groups excluding carboxylic acids is 1. The van der Waals surface area contributed by atoms with E-state index in [0.29, 0.717) is 5.56 Å². The van der Waals surface area contributed by atoms with Gasteiger partial charge in [0.15, 0.2) is 0 Å². The summed E-state index contributed by atoms with van der Waals surface area (Å²) in [6, 6.07) is 13.9. The van der Waals surface area contributed by atoms with Gasteiger partial charge in [-0.1, -0.05) is 42.2 Å². The fourth-order valence-electron chi connectivity index (χ4n) is 1.98. The molecule has 0 radical (unpaired) electrons. The predicted octanol–water partition coefficient (Wildman–Crippen LogP) is 2.67. The van der Waals surface area contributed by atoms with Crippen LogP contribution in [0.25, 0.3) is 0 Å². The van der Waals surface area contributed by atoms with Crippen LogP contribution in [0.4, 0.5) is 4.79 Å². The summed E-state index contributed by atoms with van der Waals surface area (Å²) in [6.07, 6.45) is -0.558. The lowest BCUT2D eigenvalue weighted by Crippen LogP contribution is -2.24. The van der Waals surface area contributed by atoms with Crippen LogP contribution < -0.4 is 10.1 Å². The van der Waals surface area contributed by atoms with Crippen molar-refractivity contribution in [3.05, 3.63) is 65.2 Å². The Labute approximate surface area is 145 Å². The van der Waals surface area contributed by atoms with Gasteiger partial charge in [-0.25, -0.2) is 9.59 Å². The van der Waals surface area contributed by atoms with Gasteiger partial charge in [0.25, 0.3) is 0 Å². The Morgan fingerprint density at radius 1 is 1.16 bits per heavy atom. The second-order valence-electron chi connectivity index (χ2n) is 4.94. The number of nitrogens with one attached hydrogen (secondary N) is 1. The van der Waals surface area contributed by atoms with Crippen LogP contribution in [-0.4, -0.2) is 30.8 Å². The molecule has 0 heterocycles. The van der Waals surface area contributed by atoms with Crippen LogP contribution >= 0.6 is 0 Å². The Hall–Kier alpha value is -3.46. The maximum Gasteiger partial charge on any atom is 0.408 e. The number of ether oxygens (including phenoxy) is 2. The summed E-state index contributed by atoms with van der Waals surface area (Å²) in [6.45, 7) is 0.296. The van der Waals surface area contributed by atoms with Crippen LogP contribution in [0.2, 0.25) is 0 Å². The molecular weight excluding hydrogens is 322 g/mol. The molecule has 2 aromatic carbocycles. The SMILES string of the molecule is COc1cc(C#CCNC(=O)OCc2ccccc2)ccc1C(=O)O. The smallest absolute Gasteiger partial charge is 0.408 e. The zero-order chi connectivity index (χ0) is 18.1.